The van der Waals surface area contributed by atoms with Gasteiger partial charge in [-0.2, -0.15) is 0 Å². The van der Waals surface area contributed by atoms with Gasteiger partial charge in [-0.05, 0) is 83.8 Å². The highest BCUT2D eigenvalue weighted by molar-refractivity contribution is 8.18. The lowest BCUT2D eigenvalue weighted by Crippen LogP contribution is -2.23. The average molecular weight is 425 g/mol. The van der Waals surface area contributed by atoms with Gasteiger partial charge in [-0.1, -0.05) is 13.8 Å². The van der Waals surface area contributed by atoms with E-state index < -0.39 is 5.97 Å². The van der Waals surface area contributed by atoms with Crippen molar-refractivity contribution in [3.05, 3.63) is 63.6 Å². The number of amides is 1. The van der Waals surface area contributed by atoms with Gasteiger partial charge < -0.3 is 9.84 Å². The van der Waals surface area contributed by atoms with Crippen LogP contribution in [-0.2, 0) is 4.79 Å². The molecule has 2 aromatic carbocycles. The maximum atomic E-state index is 12.8. The maximum Gasteiger partial charge on any atom is 0.335 e. The summed E-state index contributed by atoms with van der Waals surface area (Å²) in [6.45, 7) is 6.20. The first kappa shape index (κ1) is 21.6. The van der Waals surface area contributed by atoms with Crippen LogP contribution in [0.3, 0.4) is 0 Å². The van der Waals surface area contributed by atoms with Crippen molar-refractivity contribution >= 4 is 40.6 Å². The third-order valence-electron chi connectivity index (χ3n) is 4.87. The van der Waals surface area contributed by atoms with E-state index in [9.17, 15) is 9.59 Å². The van der Waals surface area contributed by atoms with Crippen LogP contribution in [0.5, 0.6) is 5.75 Å². The first-order chi connectivity index (χ1) is 14.2. The van der Waals surface area contributed by atoms with Crippen molar-refractivity contribution in [3.8, 4) is 5.75 Å². The normalized spacial score (nSPS) is 16.7. The van der Waals surface area contributed by atoms with Crippen molar-refractivity contribution in [1.29, 1.82) is 0 Å². The molecule has 1 heterocycles. The Kier molecular flexibility index (Phi) is 6.31. The number of carbonyl (C=O) groups is 2. The number of nitrogens with zero attached hydrogens (tertiary/aromatic N) is 2. The Morgan fingerprint density at radius 3 is 2.47 bits per heavy atom. The average Bonchev–Trinajstić information content (AvgIpc) is 2.97. The predicted octanol–water partition coefficient (Wildman–Crippen LogP) is 5.06. The second kappa shape index (κ2) is 8.75. The van der Waals surface area contributed by atoms with Gasteiger partial charge in [0, 0.05) is 7.05 Å². The number of carboxylic acids is 1. The Morgan fingerprint density at radius 2 is 1.90 bits per heavy atom. The van der Waals surface area contributed by atoms with Crippen molar-refractivity contribution < 1.29 is 19.4 Å². The number of amidine groups is 1. The summed E-state index contributed by atoms with van der Waals surface area (Å²) >= 11 is 1.30. The summed E-state index contributed by atoms with van der Waals surface area (Å²) in [6.07, 6.45) is 1.89. The fourth-order valence-corrected chi connectivity index (χ4v) is 4.06. The number of hydrogen-bond acceptors (Lipinski definition) is 5. The molecule has 0 unspecified atom stereocenters. The molecule has 0 spiro atoms. The van der Waals surface area contributed by atoms with Gasteiger partial charge in [0.25, 0.3) is 5.91 Å². The van der Waals surface area contributed by atoms with Gasteiger partial charge in [-0.15, -0.1) is 0 Å². The molecule has 0 bridgehead atoms. The summed E-state index contributed by atoms with van der Waals surface area (Å²) in [4.78, 5) is 30.4. The number of aromatic carboxylic acids is 1. The summed E-state index contributed by atoms with van der Waals surface area (Å²) in [5, 5.41) is 9.56. The van der Waals surface area contributed by atoms with Crippen LogP contribution in [0.2, 0.25) is 0 Å². The molecule has 7 heteroatoms. The zero-order valence-electron chi connectivity index (χ0n) is 17.6. The number of ether oxygens (including phenoxy) is 1. The van der Waals surface area contributed by atoms with E-state index >= 15 is 0 Å². The number of likely N-dealkylation sites (N-methyl/N-ethyl adjacent to an activating group) is 1. The number of thioether (sulfide) groups is 1. The van der Waals surface area contributed by atoms with Gasteiger partial charge >= 0.3 is 5.97 Å². The van der Waals surface area contributed by atoms with Crippen molar-refractivity contribution in [2.75, 3.05) is 14.2 Å². The molecule has 3 rings (SSSR count). The zero-order valence-corrected chi connectivity index (χ0v) is 18.4. The van der Waals surface area contributed by atoms with Gasteiger partial charge in [-0.3, -0.25) is 9.69 Å². The Labute approximate surface area is 180 Å². The van der Waals surface area contributed by atoms with Gasteiger partial charge in [0.2, 0.25) is 0 Å². The van der Waals surface area contributed by atoms with Crippen LogP contribution >= 0.6 is 11.8 Å². The Morgan fingerprint density at radius 1 is 1.23 bits per heavy atom. The van der Waals surface area contributed by atoms with E-state index in [4.69, 9.17) is 9.84 Å². The summed E-state index contributed by atoms with van der Waals surface area (Å²) in [6, 6.07) is 10.3. The van der Waals surface area contributed by atoms with Crippen molar-refractivity contribution in [2.45, 2.75) is 26.7 Å². The number of benzene rings is 2. The third kappa shape index (κ3) is 4.41. The summed E-state index contributed by atoms with van der Waals surface area (Å²) < 4.78 is 5.50. The summed E-state index contributed by atoms with van der Waals surface area (Å²) in [7, 11) is 3.34. The quantitative estimate of drug-likeness (QED) is 0.679. The van der Waals surface area contributed by atoms with E-state index in [1.165, 1.54) is 28.8 Å². The van der Waals surface area contributed by atoms with Gasteiger partial charge in [-0.25, -0.2) is 9.79 Å². The smallest absolute Gasteiger partial charge is 0.335 e. The number of aliphatic imine (C=N–C) groups is 1. The molecule has 0 radical (unpaired) electrons. The van der Waals surface area contributed by atoms with Crippen LogP contribution in [0.4, 0.5) is 5.69 Å². The number of rotatable bonds is 5. The fraction of sp³-hybridized carbons (Fsp3) is 0.261. The molecule has 1 fully saturated rings. The van der Waals surface area contributed by atoms with Crippen LogP contribution < -0.4 is 4.74 Å². The van der Waals surface area contributed by atoms with E-state index in [1.807, 2.05) is 19.1 Å². The van der Waals surface area contributed by atoms with Gasteiger partial charge in [0.15, 0.2) is 5.17 Å². The van der Waals surface area contributed by atoms with E-state index in [-0.39, 0.29) is 11.5 Å². The molecule has 1 aliphatic heterocycles. The second-order valence-corrected chi connectivity index (χ2v) is 8.34. The minimum Gasteiger partial charge on any atom is -0.496 e. The Hall–Kier alpha value is -3.06. The number of carboxylic acid groups (broad SMARTS) is 1. The fourth-order valence-electron chi connectivity index (χ4n) is 3.08. The second-order valence-electron chi connectivity index (χ2n) is 7.33. The van der Waals surface area contributed by atoms with Crippen molar-refractivity contribution in [1.82, 2.24) is 4.90 Å². The van der Waals surface area contributed by atoms with E-state index in [0.29, 0.717) is 21.7 Å². The first-order valence-electron chi connectivity index (χ1n) is 9.49. The molecule has 2 aromatic rings. The molecule has 30 heavy (non-hydrogen) atoms. The molecule has 6 nitrogen and oxygen atoms in total. The van der Waals surface area contributed by atoms with Crippen molar-refractivity contribution in [3.63, 3.8) is 0 Å². The van der Waals surface area contributed by atoms with E-state index in [2.05, 4.69) is 24.9 Å². The molecule has 0 saturated carbocycles. The van der Waals surface area contributed by atoms with Crippen LogP contribution in [0, 0.1) is 6.92 Å². The molecular formula is C23H24N2O4S. The minimum absolute atomic E-state index is 0.123. The molecule has 1 aliphatic rings. The third-order valence-corrected chi connectivity index (χ3v) is 5.93. The number of hydrogen-bond donors (Lipinski definition) is 1. The molecule has 0 aromatic heterocycles. The molecule has 1 N–H and O–H groups in total. The monoisotopic (exact) mass is 424 g/mol. The molecule has 1 amide bonds. The van der Waals surface area contributed by atoms with Gasteiger partial charge in [0.1, 0.15) is 5.75 Å². The van der Waals surface area contributed by atoms with Crippen LogP contribution in [0.25, 0.3) is 6.08 Å². The number of methoxy groups -OCH3 is 1. The first-order valence-corrected chi connectivity index (χ1v) is 10.3. The topological polar surface area (TPSA) is 79.2 Å². The molecule has 0 aliphatic carbocycles. The van der Waals surface area contributed by atoms with E-state index in [0.717, 1.165) is 22.4 Å². The summed E-state index contributed by atoms with van der Waals surface area (Å²) in [5.74, 6) is 0.0252. The minimum atomic E-state index is -0.988. The van der Waals surface area contributed by atoms with Crippen LogP contribution in [0.15, 0.2) is 46.3 Å². The SMILES string of the molecule is COc1cc(C)c(/C=C2/SC(=Nc3ccc(C(=O)O)cc3)N(C)C2=O)cc1C(C)C. The summed E-state index contributed by atoms with van der Waals surface area (Å²) in [5.41, 5.74) is 3.86. The Bertz CT molecular complexity index is 1060. The highest BCUT2D eigenvalue weighted by Gasteiger charge is 2.30. The lowest BCUT2D eigenvalue weighted by Gasteiger charge is -2.14. The number of aryl methyl sites for hydroxylation is 1. The maximum absolute atomic E-state index is 12.8. The lowest BCUT2D eigenvalue weighted by atomic mass is 9.96. The highest BCUT2D eigenvalue weighted by atomic mass is 32.2. The van der Waals surface area contributed by atoms with Gasteiger partial charge in [0.05, 0.1) is 23.3 Å². The Balaban J connectivity index is 1.93. The largest absolute Gasteiger partial charge is 0.496 e. The standard InChI is InChI=1S/C23H24N2O4S/c1-13(2)18-11-16(14(3)10-19(18)29-5)12-20-21(26)25(4)23(30-20)24-17-8-6-15(7-9-17)22(27)28/h6-13H,1-5H3,(H,27,28)/b20-12+,24-23?. The van der Waals surface area contributed by atoms with Crippen LogP contribution in [-0.4, -0.2) is 41.2 Å². The molecular weight excluding hydrogens is 400 g/mol. The van der Waals surface area contributed by atoms with E-state index in [1.54, 1.807) is 26.3 Å². The highest BCUT2D eigenvalue weighted by Crippen LogP contribution is 2.36. The molecule has 156 valence electrons. The lowest BCUT2D eigenvalue weighted by molar-refractivity contribution is -0.121. The van der Waals surface area contributed by atoms with Crippen molar-refractivity contribution in [2.24, 2.45) is 4.99 Å². The van der Waals surface area contributed by atoms with Crippen LogP contribution in [0.1, 0.15) is 46.8 Å². The number of carbonyl (C=O) groups excluding carboxylic acids is 1. The molecule has 1 saturated heterocycles. The molecule has 0 atom stereocenters. The predicted molar refractivity (Wildman–Crippen MR) is 121 cm³/mol. The zero-order chi connectivity index (χ0) is 22.0.